The summed E-state index contributed by atoms with van der Waals surface area (Å²) in [6, 6.07) is 17.5. The van der Waals surface area contributed by atoms with Crippen LogP contribution in [0.2, 0.25) is 0 Å². The molecule has 0 aliphatic heterocycles. The number of rotatable bonds is 4. The topological polar surface area (TPSA) is 115 Å². The van der Waals surface area contributed by atoms with Crippen LogP contribution in [0.1, 0.15) is 11.1 Å². The first-order valence-electron chi connectivity index (χ1n) is 10.1. The summed E-state index contributed by atoms with van der Waals surface area (Å²) < 4.78 is 28.0. The number of phenols is 4. The standard InChI is InChI=1S/C26H22O6S/c1-15-21(29)11-13-23(25(15)17-3-7-19(27)8-4-17)33(31,32)24-14-12-22(30)16(2)26(24)18-5-9-20(28)10-6-18/h3-14,27-30H,1-2H3. The third kappa shape index (κ3) is 3.87. The molecule has 0 atom stereocenters. The van der Waals surface area contributed by atoms with Gasteiger partial charge in [-0.25, -0.2) is 8.42 Å². The highest BCUT2D eigenvalue weighted by Gasteiger charge is 2.29. The van der Waals surface area contributed by atoms with Crippen LogP contribution in [0, 0.1) is 13.8 Å². The Labute approximate surface area is 191 Å². The Morgan fingerprint density at radius 2 is 0.848 bits per heavy atom. The van der Waals surface area contributed by atoms with Crippen LogP contribution >= 0.6 is 0 Å². The molecular weight excluding hydrogens is 440 g/mol. The van der Waals surface area contributed by atoms with Gasteiger partial charge in [-0.2, -0.15) is 0 Å². The Kier molecular flexibility index (Phi) is 5.51. The Morgan fingerprint density at radius 1 is 0.515 bits per heavy atom. The smallest absolute Gasteiger partial charge is 0.207 e. The van der Waals surface area contributed by atoms with E-state index in [1.807, 2.05) is 0 Å². The third-order valence-corrected chi connectivity index (χ3v) is 7.53. The summed E-state index contributed by atoms with van der Waals surface area (Å²) in [7, 11) is -4.14. The first kappa shape index (κ1) is 22.2. The molecule has 33 heavy (non-hydrogen) atoms. The monoisotopic (exact) mass is 462 g/mol. The molecule has 168 valence electrons. The fourth-order valence-electron chi connectivity index (χ4n) is 3.89. The van der Waals surface area contributed by atoms with Crippen molar-refractivity contribution in [3.63, 3.8) is 0 Å². The van der Waals surface area contributed by atoms with Gasteiger partial charge in [-0.1, -0.05) is 24.3 Å². The normalized spacial score (nSPS) is 11.5. The number of benzene rings is 4. The molecule has 0 aromatic heterocycles. The van der Waals surface area contributed by atoms with E-state index >= 15 is 0 Å². The molecule has 4 N–H and O–H groups in total. The predicted octanol–water partition coefficient (Wildman–Crippen LogP) is 5.29. The minimum Gasteiger partial charge on any atom is -0.508 e. The molecule has 0 heterocycles. The summed E-state index contributed by atoms with van der Waals surface area (Å²) in [5, 5.41) is 40.0. The van der Waals surface area contributed by atoms with Gasteiger partial charge in [0.05, 0.1) is 9.79 Å². The van der Waals surface area contributed by atoms with Crippen molar-refractivity contribution in [2.75, 3.05) is 0 Å². The van der Waals surface area contributed by atoms with Crippen LogP contribution in [0.3, 0.4) is 0 Å². The molecule has 4 aromatic rings. The van der Waals surface area contributed by atoms with Crippen molar-refractivity contribution >= 4 is 9.84 Å². The van der Waals surface area contributed by atoms with E-state index in [1.54, 1.807) is 38.1 Å². The van der Waals surface area contributed by atoms with Gasteiger partial charge in [-0.15, -0.1) is 0 Å². The second-order valence-corrected chi connectivity index (χ2v) is 9.65. The molecule has 0 unspecified atom stereocenters. The van der Waals surface area contributed by atoms with Gasteiger partial charge in [0.2, 0.25) is 9.84 Å². The van der Waals surface area contributed by atoms with E-state index in [-0.39, 0.29) is 32.8 Å². The molecule has 0 saturated carbocycles. The van der Waals surface area contributed by atoms with Crippen LogP contribution < -0.4 is 0 Å². The Balaban J connectivity index is 2.03. The zero-order chi connectivity index (χ0) is 23.9. The highest BCUT2D eigenvalue weighted by molar-refractivity contribution is 7.91. The molecule has 6 nitrogen and oxygen atoms in total. The lowest BCUT2D eigenvalue weighted by Crippen LogP contribution is -2.08. The van der Waals surface area contributed by atoms with Crippen molar-refractivity contribution in [3.8, 4) is 45.3 Å². The van der Waals surface area contributed by atoms with Crippen molar-refractivity contribution in [1.82, 2.24) is 0 Å². The van der Waals surface area contributed by atoms with E-state index in [1.165, 1.54) is 48.5 Å². The zero-order valence-corrected chi connectivity index (χ0v) is 18.8. The van der Waals surface area contributed by atoms with Crippen LogP contribution in [-0.4, -0.2) is 28.8 Å². The highest BCUT2D eigenvalue weighted by atomic mass is 32.2. The molecule has 4 rings (SSSR count). The highest BCUT2D eigenvalue weighted by Crippen LogP contribution is 2.43. The molecule has 0 aliphatic carbocycles. The number of hydrogen-bond donors (Lipinski definition) is 4. The van der Waals surface area contributed by atoms with Gasteiger partial charge in [-0.3, -0.25) is 0 Å². The lowest BCUT2D eigenvalue weighted by molar-refractivity contribution is 0.470. The average Bonchev–Trinajstić information content (AvgIpc) is 2.78. The van der Waals surface area contributed by atoms with Crippen molar-refractivity contribution in [2.45, 2.75) is 23.6 Å². The van der Waals surface area contributed by atoms with Crippen molar-refractivity contribution in [3.05, 3.63) is 83.9 Å². The van der Waals surface area contributed by atoms with Gasteiger partial charge in [0, 0.05) is 11.1 Å². The maximum atomic E-state index is 14.0. The van der Waals surface area contributed by atoms with E-state index in [0.717, 1.165) is 0 Å². The van der Waals surface area contributed by atoms with Crippen LogP contribution in [0.4, 0.5) is 0 Å². The van der Waals surface area contributed by atoms with Crippen LogP contribution in [-0.2, 0) is 9.84 Å². The first-order valence-corrected chi connectivity index (χ1v) is 11.6. The molecule has 7 heteroatoms. The summed E-state index contributed by atoms with van der Waals surface area (Å²) in [5.74, 6) is -0.0511. The molecule has 4 aromatic carbocycles. The predicted molar refractivity (Wildman–Crippen MR) is 125 cm³/mol. The van der Waals surface area contributed by atoms with Crippen molar-refractivity contribution < 1.29 is 28.8 Å². The van der Waals surface area contributed by atoms with Gasteiger partial charge in [0.1, 0.15) is 23.0 Å². The summed E-state index contributed by atoms with van der Waals surface area (Å²) in [5.41, 5.74) is 2.42. The molecular formula is C26H22O6S. The number of aromatic hydroxyl groups is 4. The summed E-state index contributed by atoms with van der Waals surface area (Å²) in [6.07, 6.45) is 0. The maximum absolute atomic E-state index is 14.0. The fraction of sp³-hybridized carbons (Fsp3) is 0.0769. The molecule has 0 saturated heterocycles. The van der Waals surface area contributed by atoms with Gasteiger partial charge in [0.25, 0.3) is 0 Å². The van der Waals surface area contributed by atoms with E-state index in [4.69, 9.17) is 0 Å². The Hall–Kier alpha value is -3.97. The van der Waals surface area contributed by atoms with E-state index in [2.05, 4.69) is 0 Å². The van der Waals surface area contributed by atoms with Crippen molar-refractivity contribution in [1.29, 1.82) is 0 Å². The van der Waals surface area contributed by atoms with Crippen LogP contribution in [0.25, 0.3) is 22.3 Å². The number of sulfone groups is 1. The quantitative estimate of drug-likeness (QED) is 0.327. The minimum absolute atomic E-state index is 0.0198. The van der Waals surface area contributed by atoms with Gasteiger partial charge in [-0.05, 0) is 84.6 Å². The molecule has 0 bridgehead atoms. The van der Waals surface area contributed by atoms with E-state index < -0.39 is 9.84 Å². The second-order valence-electron chi connectivity index (χ2n) is 7.76. The number of phenolic OH excluding ortho intramolecular Hbond substituents is 4. The molecule has 0 aliphatic rings. The average molecular weight is 463 g/mol. The van der Waals surface area contributed by atoms with Gasteiger partial charge < -0.3 is 20.4 Å². The van der Waals surface area contributed by atoms with Crippen LogP contribution in [0.5, 0.6) is 23.0 Å². The van der Waals surface area contributed by atoms with Gasteiger partial charge in [0.15, 0.2) is 0 Å². The molecule has 0 fully saturated rings. The lowest BCUT2D eigenvalue weighted by atomic mass is 9.99. The fourth-order valence-corrected chi connectivity index (χ4v) is 5.70. The van der Waals surface area contributed by atoms with E-state index in [0.29, 0.717) is 33.4 Å². The molecule has 0 spiro atoms. The second kappa shape index (κ2) is 8.18. The maximum Gasteiger partial charge on any atom is 0.207 e. The molecule has 0 amide bonds. The van der Waals surface area contributed by atoms with E-state index in [9.17, 15) is 28.8 Å². The first-order chi connectivity index (χ1) is 15.6. The van der Waals surface area contributed by atoms with Gasteiger partial charge >= 0.3 is 0 Å². The SMILES string of the molecule is Cc1c(O)ccc(S(=O)(=O)c2ccc(O)c(C)c2-c2ccc(O)cc2)c1-c1ccc(O)cc1. The van der Waals surface area contributed by atoms with Crippen molar-refractivity contribution in [2.24, 2.45) is 0 Å². The number of hydrogen-bond acceptors (Lipinski definition) is 6. The lowest BCUT2D eigenvalue weighted by Gasteiger charge is -2.19. The third-order valence-electron chi connectivity index (χ3n) is 5.69. The summed E-state index contributed by atoms with van der Waals surface area (Å²) >= 11 is 0. The molecule has 0 radical (unpaired) electrons. The van der Waals surface area contributed by atoms with Crippen LogP contribution in [0.15, 0.2) is 82.6 Å². The summed E-state index contributed by atoms with van der Waals surface area (Å²) in [4.78, 5) is -0.0396. The minimum atomic E-state index is -4.14. The zero-order valence-electron chi connectivity index (χ0n) is 17.9. The Bertz CT molecular complexity index is 1350. The Morgan fingerprint density at radius 3 is 1.18 bits per heavy atom. The largest absolute Gasteiger partial charge is 0.508 e. The summed E-state index contributed by atoms with van der Waals surface area (Å²) in [6.45, 7) is 3.25.